The Kier molecular flexibility index (Phi) is 8.98. The first-order valence-corrected chi connectivity index (χ1v) is 11.0. The number of rotatable bonds is 10. The molecule has 0 heterocycles. The maximum absolute atomic E-state index is 12.5. The van der Waals surface area contributed by atoms with Crippen LogP contribution in [0.2, 0.25) is 5.02 Å². The normalized spacial score (nSPS) is 12.8. The summed E-state index contributed by atoms with van der Waals surface area (Å²) in [6.07, 6.45) is 7.57. The van der Waals surface area contributed by atoms with Gasteiger partial charge in [0.15, 0.2) is 5.90 Å². The Bertz CT molecular complexity index is 872. The third-order valence-electron chi connectivity index (χ3n) is 4.25. The Labute approximate surface area is 173 Å². The summed E-state index contributed by atoms with van der Waals surface area (Å²) < 4.78 is 32.5. The van der Waals surface area contributed by atoms with Crippen molar-refractivity contribution >= 4 is 33.2 Å². The van der Waals surface area contributed by atoms with Crippen LogP contribution in [0.1, 0.15) is 39.7 Å². The molecule has 0 bridgehead atoms. The number of benzene rings is 1. The average molecular weight is 425 g/mol. The van der Waals surface area contributed by atoms with Crippen LogP contribution in [0.15, 0.2) is 54.8 Å². The van der Waals surface area contributed by atoms with Crippen LogP contribution in [0.25, 0.3) is 0 Å². The molecule has 2 N–H and O–H groups in total. The molecule has 5 nitrogen and oxygen atoms in total. The molecule has 0 aromatic heterocycles. The number of aryl methyl sites for hydroxylation is 1. The van der Waals surface area contributed by atoms with E-state index in [1.54, 1.807) is 30.4 Å². The second-order valence-electron chi connectivity index (χ2n) is 6.95. The summed E-state index contributed by atoms with van der Waals surface area (Å²) in [5.74, 6) is -0.0517. The molecule has 7 heteroatoms. The van der Waals surface area contributed by atoms with Gasteiger partial charge < -0.3 is 4.74 Å². The monoisotopic (exact) mass is 424 g/mol. The van der Waals surface area contributed by atoms with Gasteiger partial charge in [0.05, 0.1) is 17.7 Å². The van der Waals surface area contributed by atoms with Gasteiger partial charge in [-0.2, -0.15) is 0 Å². The molecular formula is C21H29ClN2O3S. The minimum Gasteiger partial charge on any atom is -0.452 e. The highest BCUT2D eigenvalue weighted by molar-refractivity contribution is 7.92. The van der Waals surface area contributed by atoms with Gasteiger partial charge in [0.25, 0.3) is 0 Å². The number of sulfonamides is 1. The maximum Gasteiger partial charge on any atom is 0.236 e. The highest BCUT2D eigenvalue weighted by Gasteiger charge is 2.24. The summed E-state index contributed by atoms with van der Waals surface area (Å²) in [6.45, 7) is 11.2. The van der Waals surface area contributed by atoms with Crippen LogP contribution in [0.4, 0.5) is 5.69 Å². The topological polar surface area (TPSA) is 79.2 Å². The van der Waals surface area contributed by atoms with Gasteiger partial charge in [0, 0.05) is 11.4 Å². The van der Waals surface area contributed by atoms with Crippen molar-refractivity contribution in [2.45, 2.75) is 40.5 Å². The predicted molar refractivity (Wildman–Crippen MR) is 119 cm³/mol. The zero-order valence-corrected chi connectivity index (χ0v) is 18.5. The van der Waals surface area contributed by atoms with Crippen LogP contribution in [0.3, 0.4) is 0 Å². The third-order valence-corrected chi connectivity index (χ3v) is 5.64. The van der Waals surface area contributed by atoms with E-state index in [1.165, 1.54) is 6.26 Å². The number of anilines is 1. The molecule has 0 saturated carbocycles. The largest absolute Gasteiger partial charge is 0.452 e. The number of halogens is 1. The standard InChI is InChI=1S/C21H29ClN2O3S/c1-6-16-14-18(22)11-12-19(16)24-28(25,26)13-9-10-17(7-2)21(4,5)15-20(23)27-8-3/h7-12,14,23-24H,3,6,13,15H2,1-2,4-5H3/b10-9-,17-7+,23-20?. The Morgan fingerprint density at radius 2 is 2.07 bits per heavy atom. The third kappa shape index (κ3) is 7.52. The zero-order valence-electron chi connectivity index (χ0n) is 16.9. The van der Waals surface area contributed by atoms with Crippen LogP contribution in [-0.4, -0.2) is 20.1 Å². The van der Waals surface area contributed by atoms with Crippen LogP contribution in [0.5, 0.6) is 0 Å². The second-order valence-corrected chi connectivity index (χ2v) is 9.16. The number of hydrogen-bond acceptors (Lipinski definition) is 4. The Morgan fingerprint density at radius 3 is 2.64 bits per heavy atom. The van der Waals surface area contributed by atoms with Crippen LogP contribution < -0.4 is 4.72 Å². The van der Waals surface area contributed by atoms with E-state index in [4.69, 9.17) is 21.7 Å². The van der Waals surface area contributed by atoms with E-state index in [0.29, 0.717) is 23.6 Å². The number of allylic oxidation sites excluding steroid dienone is 3. The Hall–Kier alpha value is -2.05. The summed E-state index contributed by atoms with van der Waals surface area (Å²) in [5.41, 5.74) is 1.92. The van der Waals surface area contributed by atoms with Crippen molar-refractivity contribution in [2.75, 3.05) is 10.5 Å². The van der Waals surface area contributed by atoms with Gasteiger partial charge in [-0.3, -0.25) is 10.1 Å². The molecule has 1 rings (SSSR count). The Morgan fingerprint density at radius 1 is 1.39 bits per heavy atom. The van der Waals surface area contributed by atoms with E-state index in [2.05, 4.69) is 11.3 Å². The quantitative estimate of drug-likeness (QED) is 0.219. The van der Waals surface area contributed by atoms with Crippen molar-refractivity contribution in [3.05, 3.63) is 65.4 Å². The smallest absolute Gasteiger partial charge is 0.236 e. The zero-order chi connectivity index (χ0) is 21.4. The van der Waals surface area contributed by atoms with Gasteiger partial charge in [-0.05, 0) is 48.1 Å². The van der Waals surface area contributed by atoms with Gasteiger partial charge in [-0.25, -0.2) is 8.42 Å². The average Bonchev–Trinajstić information content (AvgIpc) is 2.59. The molecule has 0 spiro atoms. The molecule has 0 fully saturated rings. The molecular weight excluding hydrogens is 396 g/mol. The lowest BCUT2D eigenvalue weighted by molar-refractivity contribution is 0.393. The highest BCUT2D eigenvalue weighted by atomic mass is 35.5. The molecule has 0 aliphatic heterocycles. The molecule has 0 radical (unpaired) electrons. The summed E-state index contributed by atoms with van der Waals surface area (Å²) in [7, 11) is -3.55. The van der Waals surface area contributed by atoms with Crippen LogP contribution in [0, 0.1) is 10.8 Å². The molecule has 0 atom stereocenters. The molecule has 0 unspecified atom stereocenters. The van der Waals surface area contributed by atoms with E-state index in [1.807, 2.05) is 33.8 Å². The molecule has 0 aliphatic rings. The van der Waals surface area contributed by atoms with Crippen molar-refractivity contribution in [3.63, 3.8) is 0 Å². The minimum absolute atomic E-state index is 0.108. The lowest BCUT2D eigenvalue weighted by atomic mass is 9.80. The first-order chi connectivity index (χ1) is 13.0. The van der Waals surface area contributed by atoms with E-state index < -0.39 is 10.0 Å². The summed E-state index contributed by atoms with van der Waals surface area (Å²) in [4.78, 5) is 0. The van der Waals surface area contributed by atoms with Crippen molar-refractivity contribution in [2.24, 2.45) is 5.41 Å². The van der Waals surface area contributed by atoms with Crippen LogP contribution in [-0.2, 0) is 21.2 Å². The highest BCUT2D eigenvalue weighted by Crippen LogP contribution is 2.32. The minimum atomic E-state index is -3.55. The van der Waals surface area contributed by atoms with Crippen molar-refractivity contribution in [1.29, 1.82) is 5.41 Å². The summed E-state index contributed by atoms with van der Waals surface area (Å²) in [6, 6.07) is 5.10. The van der Waals surface area contributed by atoms with Gasteiger partial charge in [0.1, 0.15) is 0 Å². The van der Waals surface area contributed by atoms with Crippen molar-refractivity contribution < 1.29 is 13.2 Å². The van der Waals surface area contributed by atoms with E-state index >= 15 is 0 Å². The van der Waals surface area contributed by atoms with Gasteiger partial charge in [0.2, 0.25) is 10.0 Å². The fourth-order valence-corrected chi connectivity index (χ4v) is 3.99. The summed E-state index contributed by atoms with van der Waals surface area (Å²) >= 11 is 5.98. The first kappa shape index (κ1) is 24.0. The molecule has 1 aromatic rings. The number of hydrogen-bond donors (Lipinski definition) is 2. The lowest BCUT2D eigenvalue weighted by Crippen LogP contribution is -2.20. The summed E-state index contributed by atoms with van der Waals surface area (Å²) in [5, 5.41) is 8.38. The van der Waals surface area contributed by atoms with Gasteiger partial charge in [-0.1, -0.05) is 57.2 Å². The fourth-order valence-electron chi connectivity index (χ4n) is 2.82. The van der Waals surface area contributed by atoms with Crippen LogP contribution >= 0.6 is 11.6 Å². The number of nitrogens with one attached hydrogen (secondary N) is 2. The second kappa shape index (κ2) is 10.5. The maximum atomic E-state index is 12.5. The lowest BCUT2D eigenvalue weighted by Gasteiger charge is -2.26. The van der Waals surface area contributed by atoms with Crippen molar-refractivity contribution in [3.8, 4) is 0 Å². The van der Waals surface area contributed by atoms with E-state index in [-0.39, 0.29) is 17.1 Å². The van der Waals surface area contributed by atoms with Crippen molar-refractivity contribution in [1.82, 2.24) is 0 Å². The molecule has 0 saturated heterocycles. The molecule has 1 aromatic carbocycles. The van der Waals surface area contributed by atoms with Gasteiger partial charge >= 0.3 is 0 Å². The molecule has 0 amide bonds. The van der Waals surface area contributed by atoms with E-state index in [0.717, 1.165) is 11.1 Å². The molecule has 28 heavy (non-hydrogen) atoms. The molecule has 0 aliphatic carbocycles. The Balaban J connectivity index is 2.86. The first-order valence-electron chi connectivity index (χ1n) is 9.02. The SMILES string of the molecule is C=COC(=N)CC(C)(C)C(/C=C\CS(=O)(=O)Nc1ccc(Cl)cc1CC)=C/C. The fraction of sp³-hybridized carbons (Fsp3) is 0.381. The molecule has 154 valence electrons. The van der Waals surface area contributed by atoms with E-state index in [9.17, 15) is 8.42 Å². The van der Waals surface area contributed by atoms with Gasteiger partial charge in [-0.15, -0.1) is 0 Å². The predicted octanol–water partition coefficient (Wildman–Crippen LogP) is 5.70. The number of ether oxygens (including phenoxy) is 1.